The summed E-state index contributed by atoms with van der Waals surface area (Å²) in [4.78, 5) is 10.5. The van der Waals surface area contributed by atoms with Gasteiger partial charge in [-0.25, -0.2) is 0 Å². The second-order valence-corrected chi connectivity index (χ2v) is 4.03. The zero-order valence-electron chi connectivity index (χ0n) is 10.7. The SMILES string of the molecule is O=C(O)CCOc1ccccc1Oc1ccc(O)cc1. The molecule has 20 heavy (non-hydrogen) atoms. The highest BCUT2D eigenvalue weighted by atomic mass is 16.5. The Kier molecular flexibility index (Phi) is 4.44. The van der Waals surface area contributed by atoms with Gasteiger partial charge in [0, 0.05) is 0 Å². The molecule has 0 unspecified atom stereocenters. The van der Waals surface area contributed by atoms with Gasteiger partial charge < -0.3 is 19.7 Å². The molecule has 2 rings (SSSR count). The Bertz CT molecular complexity index is 577. The van der Waals surface area contributed by atoms with E-state index in [0.717, 1.165) is 0 Å². The summed E-state index contributed by atoms with van der Waals surface area (Å²) in [5.74, 6) is 0.757. The molecule has 0 aromatic heterocycles. The summed E-state index contributed by atoms with van der Waals surface area (Å²) >= 11 is 0. The summed E-state index contributed by atoms with van der Waals surface area (Å²) in [6.45, 7) is 0.0747. The molecule has 2 N–H and O–H groups in total. The van der Waals surface area contributed by atoms with Gasteiger partial charge in [-0.2, -0.15) is 0 Å². The van der Waals surface area contributed by atoms with E-state index in [9.17, 15) is 9.90 Å². The van der Waals surface area contributed by atoms with E-state index in [4.69, 9.17) is 14.6 Å². The van der Waals surface area contributed by atoms with E-state index in [1.807, 2.05) is 0 Å². The summed E-state index contributed by atoms with van der Waals surface area (Å²) in [7, 11) is 0. The zero-order chi connectivity index (χ0) is 14.4. The maximum Gasteiger partial charge on any atom is 0.306 e. The van der Waals surface area contributed by atoms with Gasteiger partial charge in [0.1, 0.15) is 11.5 Å². The van der Waals surface area contributed by atoms with Gasteiger partial charge >= 0.3 is 5.97 Å². The molecule has 0 aliphatic carbocycles. The fraction of sp³-hybridized carbons (Fsp3) is 0.133. The van der Waals surface area contributed by atoms with Crippen LogP contribution in [0.3, 0.4) is 0 Å². The monoisotopic (exact) mass is 274 g/mol. The number of para-hydroxylation sites is 2. The van der Waals surface area contributed by atoms with Crippen LogP contribution in [0, 0.1) is 0 Å². The van der Waals surface area contributed by atoms with Crippen molar-refractivity contribution in [3.63, 3.8) is 0 Å². The lowest BCUT2D eigenvalue weighted by atomic mass is 10.3. The number of hydrogen-bond acceptors (Lipinski definition) is 4. The number of aliphatic carboxylic acids is 1. The summed E-state index contributed by atoms with van der Waals surface area (Å²) in [6.07, 6.45) is -0.0758. The first-order valence-corrected chi connectivity index (χ1v) is 6.05. The number of carboxylic acids is 1. The lowest BCUT2D eigenvalue weighted by Gasteiger charge is -2.11. The summed E-state index contributed by atoms with van der Waals surface area (Å²) < 4.78 is 11.0. The van der Waals surface area contributed by atoms with Crippen molar-refractivity contribution in [1.29, 1.82) is 0 Å². The van der Waals surface area contributed by atoms with E-state index in [1.165, 1.54) is 12.1 Å². The largest absolute Gasteiger partial charge is 0.508 e. The third-order valence-electron chi connectivity index (χ3n) is 2.49. The van der Waals surface area contributed by atoms with Crippen molar-refractivity contribution in [2.45, 2.75) is 6.42 Å². The van der Waals surface area contributed by atoms with E-state index in [-0.39, 0.29) is 18.8 Å². The molecule has 0 radical (unpaired) electrons. The average molecular weight is 274 g/mol. The first kappa shape index (κ1) is 13.7. The van der Waals surface area contributed by atoms with Crippen LogP contribution >= 0.6 is 0 Å². The van der Waals surface area contributed by atoms with Crippen molar-refractivity contribution in [1.82, 2.24) is 0 Å². The molecule has 0 atom stereocenters. The first-order valence-electron chi connectivity index (χ1n) is 6.05. The minimum atomic E-state index is -0.915. The third-order valence-corrected chi connectivity index (χ3v) is 2.49. The fourth-order valence-corrected chi connectivity index (χ4v) is 1.54. The van der Waals surface area contributed by atoms with E-state index < -0.39 is 5.97 Å². The highest BCUT2D eigenvalue weighted by Gasteiger charge is 2.06. The predicted octanol–water partition coefficient (Wildman–Crippen LogP) is 3.04. The van der Waals surface area contributed by atoms with Crippen LogP contribution in [-0.2, 0) is 4.79 Å². The predicted molar refractivity (Wildman–Crippen MR) is 72.4 cm³/mol. The molecule has 0 spiro atoms. The molecule has 0 aliphatic rings. The lowest BCUT2D eigenvalue weighted by molar-refractivity contribution is -0.137. The summed E-state index contributed by atoms with van der Waals surface area (Å²) in [5, 5.41) is 17.8. The number of rotatable bonds is 6. The highest BCUT2D eigenvalue weighted by molar-refractivity contribution is 5.66. The maximum absolute atomic E-state index is 10.5. The molecule has 104 valence electrons. The highest BCUT2D eigenvalue weighted by Crippen LogP contribution is 2.31. The molecule has 2 aromatic carbocycles. The van der Waals surface area contributed by atoms with E-state index >= 15 is 0 Å². The Hall–Kier alpha value is -2.69. The minimum absolute atomic E-state index is 0.0747. The van der Waals surface area contributed by atoms with E-state index in [1.54, 1.807) is 36.4 Å². The van der Waals surface area contributed by atoms with Gasteiger partial charge in [0.05, 0.1) is 13.0 Å². The van der Waals surface area contributed by atoms with Gasteiger partial charge in [-0.1, -0.05) is 12.1 Å². The van der Waals surface area contributed by atoms with Crippen LogP contribution in [0.5, 0.6) is 23.0 Å². The van der Waals surface area contributed by atoms with Crippen molar-refractivity contribution in [2.75, 3.05) is 6.61 Å². The quantitative estimate of drug-likeness (QED) is 0.846. The van der Waals surface area contributed by atoms with Crippen LogP contribution in [0.1, 0.15) is 6.42 Å². The molecular formula is C15H14O5. The van der Waals surface area contributed by atoms with Crippen LogP contribution < -0.4 is 9.47 Å². The minimum Gasteiger partial charge on any atom is -0.508 e. The maximum atomic E-state index is 10.5. The van der Waals surface area contributed by atoms with Crippen molar-refractivity contribution in [3.05, 3.63) is 48.5 Å². The smallest absolute Gasteiger partial charge is 0.306 e. The Morgan fingerprint density at radius 1 is 1.00 bits per heavy atom. The molecule has 0 heterocycles. The Labute approximate surface area is 116 Å². The molecule has 0 bridgehead atoms. The van der Waals surface area contributed by atoms with Gasteiger partial charge in [-0.3, -0.25) is 4.79 Å². The van der Waals surface area contributed by atoms with E-state index in [0.29, 0.717) is 17.2 Å². The zero-order valence-corrected chi connectivity index (χ0v) is 10.7. The van der Waals surface area contributed by atoms with Gasteiger partial charge in [-0.15, -0.1) is 0 Å². The van der Waals surface area contributed by atoms with Crippen LogP contribution in [-0.4, -0.2) is 22.8 Å². The van der Waals surface area contributed by atoms with Crippen LogP contribution in [0.15, 0.2) is 48.5 Å². The first-order chi connectivity index (χ1) is 9.65. The molecule has 0 fully saturated rings. The van der Waals surface area contributed by atoms with Crippen molar-refractivity contribution in [3.8, 4) is 23.0 Å². The number of hydrogen-bond donors (Lipinski definition) is 2. The standard InChI is InChI=1S/C15H14O5/c16-11-5-7-12(8-6-11)20-14-4-2-1-3-13(14)19-10-9-15(17)18/h1-8,16H,9-10H2,(H,17,18). The Morgan fingerprint density at radius 2 is 1.65 bits per heavy atom. The number of benzene rings is 2. The second kappa shape index (κ2) is 6.47. The number of ether oxygens (including phenoxy) is 2. The Morgan fingerprint density at radius 3 is 2.30 bits per heavy atom. The van der Waals surface area contributed by atoms with Crippen LogP contribution in [0.25, 0.3) is 0 Å². The van der Waals surface area contributed by atoms with Crippen LogP contribution in [0.2, 0.25) is 0 Å². The van der Waals surface area contributed by atoms with Crippen molar-refractivity contribution in [2.24, 2.45) is 0 Å². The lowest BCUT2D eigenvalue weighted by Crippen LogP contribution is -2.05. The fourth-order valence-electron chi connectivity index (χ4n) is 1.54. The Balaban J connectivity index is 2.07. The number of phenolic OH excluding ortho intramolecular Hbond substituents is 1. The molecular weight excluding hydrogens is 260 g/mol. The van der Waals surface area contributed by atoms with Gasteiger partial charge in [-0.05, 0) is 36.4 Å². The second-order valence-electron chi connectivity index (χ2n) is 4.03. The number of phenols is 1. The van der Waals surface area contributed by atoms with Gasteiger partial charge in [0.2, 0.25) is 0 Å². The van der Waals surface area contributed by atoms with Crippen LogP contribution in [0.4, 0.5) is 0 Å². The topological polar surface area (TPSA) is 76.0 Å². The summed E-state index contributed by atoms with van der Waals surface area (Å²) in [6, 6.07) is 13.3. The molecule has 2 aromatic rings. The molecule has 0 aliphatic heterocycles. The molecule has 0 amide bonds. The normalized spacial score (nSPS) is 10.0. The molecule has 5 nitrogen and oxygen atoms in total. The van der Waals surface area contributed by atoms with E-state index in [2.05, 4.69) is 0 Å². The molecule has 5 heteroatoms. The van der Waals surface area contributed by atoms with Crippen molar-refractivity contribution < 1.29 is 24.5 Å². The van der Waals surface area contributed by atoms with Gasteiger partial charge in [0.25, 0.3) is 0 Å². The van der Waals surface area contributed by atoms with Crippen molar-refractivity contribution >= 4 is 5.97 Å². The average Bonchev–Trinajstić information content (AvgIpc) is 2.43. The number of carboxylic acid groups (broad SMARTS) is 1. The summed E-state index contributed by atoms with van der Waals surface area (Å²) in [5.41, 5.74) is 0. The number of carbonyl (C=O) groups is 1. The molecule has 0 saturated carbocycles. The molecule has 0 saturated heterocycles. The third kappa shape index (κ3) is 3.91. The number of aromatic hydroxyl groups is 1. The van der Waals surface area contributed by atoms with Gasteiger partial charge in [0.15, 0.2) is 11.5 Å².